The third-order valence-electron chi connectivity index (χ3n) is 7.23. The van der Waals surface area contributed by atoms with Crippen molar-refractivity contribution in [3.63, 3.8) is 0 Å². The van der Waals surface area contributed by atoms with Gasteiger partial charge in [-0.25, -0.2) is 18.4 Å². The fraction of sp³-hybridized carbons (Fsp3) is 0.357. The Morgan fingerprint density at radius 3 is 2.33 bits per heavy atom. The minimum Gasteiger partial charge on any atom is -0.327 e. The van der Waals surface area contributed by atoms with Crippen molar-refractivity contribution in [2.24, 2.45) is 11.7 Å². The molecule has 1 aliphatic carbocycles. The summed E-state index contributed by atoms with van der Waals surface area (Å²) in [5.41, 5.74) is 11.5. The van der Waals surface area contributed by atoms with Gasteiger partial charge in [-0.2, -0.15) is 4.31 Å². The van der Waals surface area contributed by atoms with E-state index in [0.29, 0.717) is 29.9 Å². The summed E-state index contributed by atoms with van der Waals surface area (Å²) in [6.07, 6.45) is 12.4. The normalized spacial score (nSPS) is 19.0. The predicted molar refractivity (Wildman–Crippen MR) is 144 cm³/mol. The van der Waals surface area contributed by atoms with Crippen molar-refractivity contribution in [1.82, 2.24) is 14.3 Å². The minimum absolute atomic E-state index is 0.233. The summed E-state index contributed by atoms with van der Waals surface area (Å²) >= 11 is 0. The van der Waals surface area contributed by atoms with Crippen LogP contribution in [0.25, 0.3) is 12.2 Å². The van der Waals surface area contributed by atoms with Gasteiger partial charge in [0.25, 0.3) is 0 Å². The lowest BCUT2D eigenvalue weighted by Crippen LogP contribution is -2.38. The van der Waals surface area contributed by atoms with E-state index in [1.807, 2.05) is 6.08 Å². The average Bonchev–Trinajstić information content (AvgIpc) is 3.28. The van der Waals surface area contributed by atoms with Gasteiger partial charge < -0.3 is 11.1 Å². The third kappa shape index (κ3) is 5.51. The number of fused-ring (bicyclic) bond motifs is 1. The van der Waals surface area contributed by atoms with Crippen molar-refractivity contribution in [3.05, 3.63) is 77.1 Å². The van der Waals surface area contributed by atoms with Crippen LogP contribution in [-0.4, -0.2) is 41.8 Å². The monoisotopic (exact) mass is 503 g/mol. The number of rotatable bonds is 7. The van der Waals surface area contributed by atoms with Crippen molar-refractivity contribution in [1.29, 1.82) is 0 Å². The van der Waals surface area contributed by atoms with Crippen molar-refractivity contribution in [3.8, 4) is 0 Å². The van der Waals surface area contributed by atoms with Gasteiger partial charge in [0.05, 0.1) is 4.90 Å². The van der Waals surface area contributed by atoms with Gasteiger partial charge in [-0.15, -0.1) is 0 Å². The molecular formula is C28H33N5O2S. The van der Waals surface area contributed by atoms with Crippen molar-refractivity contribution in [2.75, 3.05) is 18.4 Å². The Kier molecular flexibility index (Phi) is 7.18. The Labute approximate surface area is 213 Å². The van der Waals surface area contributed by atoms with E-state index in [1.54, 1.807) is 41.0 Å². The van der Waals surface area contributed by atoms with Crippen LogP contribution >= 0.6 is 0 Å². The molecule has 7 nitrogen and oxygen atoms in total. The molecule has 2 aliphatic rings. The first-order chi connectivity index (χ1) is 17.4. The van der Waals surface area contributed by atoms with Crippen LogP contribution in [0.3, 0.4) is 0 Å². The maximum Gasteiger partial charge on any atom is 0.243 e. The van der Waals surface area contributed by atoms with Crippen LogP contribution in [0.4, 0.5) is 11.6 Å². The Bertz CT molecular complexity index is 1330. The maximum absolute atomic E-state index is 13.0. The molecule has 8 heteroatoms. The molecule has 3 aromatic rings. The lowest BCUT2D eigenvalue weighted by Gasteiger charge is -2.30. The van der Waals surface area contributed by atoms with E-state index in [2.05, 4.69) is 46.5 Å². The highest BCUT2D eigenvalue weighted by atomic mass is 32.2. The fourth-order valence-corrected chi connectivity index (χ4v) is 6.47. The zero-order chi connectivity index (χ0) is 25.1. The highest BCUT2D eigenvalue weighted by Crippen LogP contribution is 2.27. The highest BCUT2D eigenvalue weighted by molar-refractivity contribution is 7.89. The van der Waals surface area contributed by atoms with Crippen LogP contribution in [0.2, 0.25) is 0 Å². The summed E-state index contributed by atoms with van der Waals surface area (Å²) in [5.74, 6) is 1.08. The number of sulfonamides is 1. The molecule has 5 rings (SSSR count). The third-order valence-corrected chi connectivity index (χ3v) is 9.15. The van der Waals surface area contributed by atoms with Gasteiger partial charge in [-0.3, -0.25) is 0 Å². The summed E-state index contributed by atoms with van der Waals surface area (Å²) in [4.78, 5) is 9.11. The summed E-state index contributed by atoms with van der Waals surface area (Å²) in [5, 5.41) is 3.14. The summed E-state index contributed by atoms with van der Waals surface area (Å²) in [6.45, 7) is 3.35. The lowest BCUT2D eigenvalue weighted by molar-refractivity contribution is 0.269. The molecule has 36 heavy (non-hydrogen) atoms. The van der Waals surface area contributed by atoms with Gasteiger partial charge in [-0.1, -0.05) is 43.7 Å². The molecule has 0 radical (unpaired) electrons. The highest BCUT2D eigenvalue weighted by Gasteiger charge is 2.28. The van der Waals surface area contributed by atoms with Gasteiger partial charge >= 0.3 is 0 Å². The van der Waals surface area contributed by atoms with Gasteiger partial charge in [0.1, 0.15) is 0 Å². The molecule has 1 atom stereocenters. The number of nitrogens with zero attached hydrogens (tertiary/aromatic N) is 3. The number of hydrogen-bond acceptors (Lipinski definition) is 6. The number of hydrogen-bond donors (Lipinski definition) is 2. The summed E-state index contributed by atoms with van der Waals surface area (Å²) < 4.78 is 27.6. The molecule has 0 bridgehead atoms. The molecule has 0 saturated carbocycles. The second kappa shape index (κ2) is 10.5. The minimum atomic E-state index is -3.46. The maximum atomic E-state index is 13.0. The summed E-state index contributed by atoms with van der Waals surface area (Å²) in [7, 11) is -3.46. The Balaban J connectivity index is 1.19. The quantitative estimate of drug-likeness (QED) is 0.488. The van der Waals surface area contributed by atoms with E-state index in [1.165, 1.54) is 11.1 Å². The fourth-order valence-electron chi connectivity index (χ4n) is 5.00. The molecular weight excluding hydrogens is 470 g/mol. The SMILES string of the molecule is CCC1CCN(S(=O)(=O)c2ccc(Nc3ncc(/C=C/c4ccc5c(c4)CC(N)C5)cn3)cc2)CC1. The van der Waals surface area contributed by atoms with Gasteiger partial charge in [-0.05, 0) is 72.6 Å². The molecule has 1 unspecified atom stereocenters. The van der Waals surface area contributed by atoms with Crippen molar-refractivity contribution >= 4 is 33.8 Å². The zero-order valence-electron chi connectivity index (χ0n) is 20.6. The first kappa shape index (κ1) is 24.6. The Hall–Kier alpha value is -3.07. The van der Waals surface area contributed by atoms with Crippen LogP contribution in [-0.2, 0) is 22.9 Å². The molecule has 2 heterocycles. The molecule has 1 saturated heterocycles. The second-order valence-electron chi connectivity index (χ2n) is 9.77. The molecule has 1 fully saturated rings. The summed E-state index contributed by atoms with van der Waals surface area (Å²) in [6, 6.07) is 13.5. The predicted octanol–water partition coefficient (Wildman–Crippen LogP) is 4.63. The molecule has 0 spiro atoms. The first-order valence-electron chi connectivity index (χ1n) is 12.7. The number of nitrogens with one attached hydrogen (secondary N) is 1. The van der Waals surface area contributed by atoms with Crippen molar-refractivity contribution < 1.29 is 8.42 Å². The second-order valence-corrected chi connectivity index (χ2v) is 11.7. The molecule has 188 valence electrons. The number of nitrogens with two attached hydrogens (primary N) is 1. The zero-order valence-corrected chi connectivity index (χ0v) is 21.4. The van der Waals surface area contributed by atoms with E-state index in [4.69, 9.17) is 5.73 Å². The number of anilines is 2. The van der Waals surface area contributed by atoms with E-state index in [0.717, 1.165) is 48.9 Å². The van der Waals surface area contributed by atoms with Gasteiger partial charge in [0.2, 0.25) is 16.0 Å². The van der Waals surface area contributed by atoms with E-state index in [-0.39, 0.29) is 6.04 Å². The molecule has 3 N–H and O–H groups in total. The number of aromatic nitrogens is 2. The first-order valence-corrected chi connectivity index (χ1v) is 14.1. The number of benzene rings is 2. The van der Waals surface area contributed by atoms with Crippen LogP contribution < -0.4 is 11.1 Å². The molecule has 0 amide bonds. The van der Waals surface area contributed by atoms with Crippen molar-refractivity contribution in [2.45, 2.75) is 50.0 Å². The molecule has 1 aromatic heterocycles. The Morgan fingerprint density at radius 1 is 0.972 bits per heavy atom. The largest absolute Gasteiger partial charge is 0.327 e. The van der Waals surface area contributed by atoms with E-state index >= 15 is 0 Å². The van der Waals surface area contributed by atoms with Crippen LogP contribution in [0.1, 0.15) is 48.4 Å². The standard InChI is InChI=1S/C28H33N5O2S/c1-2-20-11-13-33(14-12-20)36(34,35)27-9-7-26(8-10-27)32-28-30-18-22(19-31-28)4-3-21-5-6-23-16-25(29)17-24(23)15-21/h3-10,15,18-20,25H,2,11-14,16-17,29H2,1H3,(H,30,31,32)/b4-3+. The van der Waals surface area contributed by atoms with Crippen LogP contribution in [0.5, 0.6) is 0 Å². The number of piperidine rings is 1. The Morgan fingerprint density at radius 2 is 1.64 bits per heavy atom. The van der Waals surface area contributed by atoms with Crippen LogP contribution in [0.15, 0.2) is 59.8 Å². The van der Waals surface area contributed by atoms with E-state index in [9.17, 15) is 8.42 Å². The van der Waals surface area contributed by atoms with E-state index < -0.39 is 10.0 Å². The smallest absolute Gasteiger partial charge is 0.243 e. The van der Waals surface area contributed by atoms with Gasteiger partial charge in [0.15, 0.2) is 0 Å². The molecule has 2 aromatic carbocycles. The van der Waals surface area contributed by atoms with Crippen LogP contribution in [0, 0.1) is 5.92 Å². The molecule has 1 aliphatic heterocycles. The average molecular weight is 504 g/mol. The lowest BCUT2D eigenvalue weighted by atomic mass is 9.96. The topological polar surface area (TPSA) is 101 Å². The van der Waals surface area contributed by atoms with Gasteiger partial charge in [0, 0.05) is 42.8 Å².